The summed E-state index contributed by atoms with van der Waals surface area (Å²) in [5.41, 5.74) is 2.66. The summed E-state index contributed by atoms with van der Waals surface area (Å²) in [6, 6.07) is 6.07. The Balaban J connectivity index is 0.00000353. The molecule has 2 saturated heterocycles. The number of amidine groups is 1. The topological polar surface area (TPSA) is 132 Å². The van der Waals surface area contributed by atoms with E-state index < -0.39 is 39.2 Å². The number of carbonyl (C=O) groups excluding carboxylic acids is 2. The van der Waals surface area contributed by atoms with Gasteiger partial charge in [0.2, 0.25) is 15.9 Å². The summed E-state index contributed by atoms with van der Waals surface area (Å²) in [4.78, 5) is 38.7. The first-order valence-corrected chi connectivity index (χ1v) is 15.3. The Morgan fingerprint density at radius 1 is 1.24 bits per heavy atom. The zero-order chi connectivity index (χ0) is 27.6. The number of β-amino-alcohol motifs (C(OH)–C–C–N with tert-alkyl or cyclic N) is 1. The molecule has 10 nitrogen and oxygen atoms in total. The summed E-state index contributed by atoms with van der Waals surface area (Å²) < 4.78 is 26.2. The van der Waals surface area contributed by atoms with Crippen molar-refractivity contribution in [3.63, 3.8) is 0 Å². The number of amides is 2. The largest absolute Gasteiger partial charge is 0.391 e. The highest BCUT2D eigenvalue weighted by molar-refractivity contribution is 7.88. The van der Waals surface area contributed by atoms with Crippen LogP contribution >= 0.6 is 11.3 Å². The number of carbonyl (C=O) groups is 2. The van der Waals surface area contributed by atoms with Crippen LogP contribution in [0.5, 0.6) is 0 Å². The zero-order valence-corrected chi connectivity index (χ0v) is 23.8. The fourth-order valence-corrected chi connectivity index (χ4v) is 7.77. The lowest BCUT2D eigenvalue weighted by atomic mass is 9.84. The Morgan fingerprint density at radius 2 is 1.92 bits per heavy atom. The SMILES string of the molecule is Cc1ncsc1-c1ccc([C@]2(C)N=C([C@H]3C[C@@H](O)CN3C(=O)[C@H]3N(S(C)(=O)=O)CCC3(C)C)NC2=O)cc1.[HH]. The maximum atomic E-state index is 13.9. The van der Waals surface area contributed by atoms with Crippen LogP contribution in [0.2, 0.25) is 0 Å². The molecule has 0 aliphatic carbocycles. The van der Waals surface area contributed by atoms with E-state index in [-0.39, 0.29) is 32.8 Å². The molecule has 0 spiro atoms. The number of aliphatic imine (C=N–C) groups is 1. The minimum atomic E-state index is -3.61. The van der Waals surface area contributed by atoms with Gasteiger partial charge in [0, 0.05) is 20.9 Å². The molecule has 5 rings (SSSR count). The highest BCUT2D eigenvalue weighted by Gasteiger charge is 2.53. The van der Waals surface area contributed by atoms with E-state index in [0.717, 1.165) is 22.4 Å². The summed E-state index contributed by atoms with van der Waals surface area (Å²) in [7, 11) is -3.61. The monoisotopic (exact) mass is 561 g/mol. The molecule has 2 amide bonds. The average Bonchev–Trinajstić information content (AvgIpc) is 3.59. The van der Waals surface area contributed by atoms with Crippen molar-refractivity contribution in [3.05, 3.63) is 41.0 Å². The van der Waals surface area contributed by atoms with Gasteiger partial charge in [0.25, 0.3) is 5.91 Å². The van der Waals surface area contributed by atoms with Crippen LogP contribution in [0.15, 0.2) is 34.8 Å². The number of hydrogen-bond donors (Lipinski definition) is 2. The molecule has 38 heavy (non-hydrogen) atoms. The van der Waals surface area contributed by atoms with E-state index >= 15 is 0 Å². The summed E-state index contributed by atoms with van der Waals surface area (Å²) >= 11 is 1.55. The van der Waals surface area contributed by atoms with E-state index in [1.807, 2.05) is 45.0 Å². The molecule has 206 valence electrons. The van der Waals surface area contributed by atoms with Crippen molar-refractivity contribution in [2.75, 3.05) is 19.3 Å². The number of aromatic nitrogens is 1. The smallest absolute Gasteiger partial charge is 0.257 e. The molecule has 4 atom stereocenters. The highest BCUT2D eigenvalue weighted by atomic mass is 32.2. The lowest BCUT2D eigenvalue weighted by Crippen LogP contribution is -2.55. The van der Waals surface area contributed by atoms with E-state index in [1.165, 1.54) is 9.21 Å². The zero-order valence-electron chi connectivity index (χ0n) is 22.1. The summed E-state index contributed by atoms with van der Waals surface area (Å²) in [6.45, 7) is 7.74. The summed E-state index contributed by atoms with van der Waals surface area (Å²) in [6.07, 6.45) is 1.05. The first-order chi connectivity index (χ1) is 17.7. The fraction of sp³-hybridized carbons (Fsp3) is 0.538. The van der Waals surface area contributed by atoms with Gasteiger partial charge in [-0.3, -0.25) is 9.59 Å². The molecular weight excluding hydrogens is 526 g/mol. The predicted molar refractivity (Wildman–Crippen MR) is 147 cm³/mol. The Kier molecular flexibility index (Phi) is 6.53. The van der Waals surface area contributed by atoms with Crippen LogP contribution in [0.4, 0.5) is 0 Å². The Morgan fingerprint density at radius 3 is 2.53 bits per heavy atom. The Bertz CT molecular complexity index is 1420. The van der Waals surface area contributed by atoms with E-state index in [1.54, 1.807) is 23.8 Å². The molecule has 2 fully saturated rings. The maximum Gasteiger partial charge on any atom is 0.257 e. The second-order valence-corrected chi connectivity index (χ2v) is 14.1. The number of rotatable bonds is 5. The molecule has 2 N–H and O–H groups in total. The molecule has 0 bridgehead atoms. The quantitative estimate of drug-likeness (QED) is 0.575. The van der Waals surface area contributed by atoms with Gasteiger partial charge in [-0.2, -0.15) is 4.31 Å². The van der Waals surface area contributed by atoms with E-state index in [2.05, 4.69) is 10.3 Å². The molecule has 4 heterocycles. The van der Waals surface area contributed by atoms with Gasteiger partial charge in [-0.15, -0.1) is 11.3 Å². The van der Waals surface area contributed by atoms with Crippen molar-refractivity contribution < 1.29 is 24.5 Å². The van der Waals surface area contributed by atoms with E-state index in [9.17, 15) is 23.1 Å². The number of hydrogen-bond acceptors (Lipinski definition) is 8. The van der Waals surface area contributed by atoms with Crippen molar-refractivity contribution >= 4 is 39.0 Å². The second kappa shape index (κ2) is 9.22. The van der Waals surface area contributed by atoms with Crippen LogP contribution < -0.4 is 5.32 Å². The maximum absolute atomic E-state index is 13.9. The number of sulfonamides is 1. The molecule has 3 aliphatic heterocycles. The van der Waals surface area contributed by atoms with Crippen molar-refractivity contribution in [1.82, 2.24) is 19.5 Å². The molecule has 1 aromatic carbocycles. The minimum Gasteiger partial charge on any atom is -0.391 e. The van der Waals surface area contributed by atoms with Crippen molar-refractivity contribution in [2.24, 2.45) is 10.4 Å². The van der Waals surface area contributed by atoms with Crippen LogP contribution in [-0.2, 0) is 25.2 Å². The molecule has 3 aliphatic rings. The third kappa shape index (κ3) is 4.47. The molecule has 0 unspecified atom stereocenters. The van der Waals surface area contributed by atoms with Gasteiger partial charge in [0.05, 0.1) is 34.5 Å². The van der Waals surface area contributed by atoms with Crippen LogP contribution in [0.1, 0.15) is 46.3 Å². The number of nitrogens with zero attached hydrogens (tertiary/aromatic N) is 4. The van der Waals surface area contributed by atoms with Gasteiger partial charge in [-0.1, -0.05) is 38.1 Å². The number of likely N-dealkylation sites (tertiary alicyclic amines) is 1. The van der Waals surface area contributed by atoms with Gasteiger partial charge < -0.3 is 15.3 Å². The van der Waals surface area contributed by atoms with Crippen molar-refractivity contribution in [1.29, 1.82) is 0 Å². The molecular formula is C26H35N5O5S2. The average molecular weight is 562 g/mol. The third-order valence-corrected chi connectivity index (χ3v) is 10.2. The van der Waals surface area contributed by atoms with E-state index in [4.69, 9.17) is 4.99 Å². The predicted octanol–water partition coefficient (Wildman–Crippen LogP) is 2.13. The Hall–Kier alpha value is -2.67. The molecule has 1 aromatic heterocycles. The first kappa shape index (κ1) is 26.9. The molecule has 0 saturated carbocycles. The molecule has 12 heteroatoms. The normalized spacial score (nSPS) is 29.5. The van der Waals surface area contributed by atoms with Gasteiger partial charge in [-0.25, -0.2) is 18.4 Å². The van der Waals surface area contributed by atoms with Gasteiger partial charge >= 0.3 is 0 Å². The summed E-state index contributed by atoms with van der Waals surface area (Å²) in [5, 5.41) is 13.4. The Labute approximate surface area is 228 Å². The second-order valence-electron chi connectivity index (χ2n) is 11.3. The number of aliphatic hydroxyl groups excluding tert-OH is 1. The third-order valence-electron chi connectivity index (χ3n) is 8.02. The number of nitrogens with one attached hydrogen (secondary N) is 1. The van der Waals surface area contributed by atoms with Gasteiger partial charge in [0.1, 0.15) is 11.9 Å². The summed E-state index contributed by atoms with van der Waals surface area (Å²) in [5.74, 6) is -0.386. The van der Waals surface area contributed by atoms with Crippen LogP contribution in [0.3, 0.4) is 0 Å². The molecule has 2 aromatic rings. The number of thiazole rings is 1. The molecule has 0 radical (unpaired) electrons. The first-order valence-electron chi connectivity index (χ1n) is 12.6. The number of aryl methyl sites for hydroxylation is 1. The standard InChI is InChI=1S/C26H33N5O5S2.H2/c1-15-20(37-14-27-15)16-6-8-17(9-7-16)26(4)24(34)28-22(29-26)19-12-18(32)13-30(19)23(33)21-25(2,3)10-11-31(21)38(5,35)36;/h6-9,14,18-19,21,32H,10-13H2,1-5H3,(H,28,29,34);1H/t18-,19-,21-,26+;/m1./s1. The number of benzene rings is 1. The minimum absolute atomic E-state index is 0. The van der Waals surface area contributed by atoms with Crippen LogP contribution in [-0.4, -0.2) is 82.9 Å². The highest BCUT2D eigenvalue weighted by Crippen LogP contribution is 2.40. The fourth-order valence-electron chi connectivity index (χ4n) is 5.78. The van der Waals surface area contributed by atoms with Gasteiger partial charge in [-0.05, 0) is 36.8 Å². The lowest BCUT2D eigenvalue weighted by Gasteiger charge is -2.35. The van der Waals surface area contributed by atoms with Crippen molar-refractivity contribution in [3.8, 4) is 10.4 Å². The van der Waals surface area contributed by atoms with Crippen LogP contribution in [0.25, 0.3) is 10.4 Å². The van der Waals surface area contributed by atoms with Crippen LogP contribution in [0, 0.1) is 12.3 Å². The lowest BCUT2D eigenvalue weighted by molar-refractivity contribution is -0.137. The number of aliphatic hydroxyl groups is 1. The van der Waals surface area contributed by atoms with Crippen molar-refractivity contribution in [2.45, 2.75) is 64.3 Å². The van der Waals surface area contributed by atoms with Gasteiger partial charge in [0.15, 0.2) is 5.54 Å². The van der Waals surface area contributed by atoms with E-state index in [0.29, 0.717) is 17.8 Å².